The van der Waals surface area contributed by atoms with Crippen LogP contribution in [0.25, 0.3) is 0 Å². The van der Waals surface area contributed by atoms with E-state index in [1.54, 1.807) is 6.07 Å². The maximum atomic E-state index is 11.4. The molecule has 1 N–H and O–H groups in total. The molecule has 0 radical (unpaired) electrons. The first-order valence-electron chi connectivity index (χ1n) is 5.14. The Morgan fingerprint density at radius 1 is 1.50 bits per heavy atom. The predicted molar refractivity (Wildman–Crippen MR) is 73.3 cm³/mol. The van der Waals surface area contributed by atoms with Gasteiger partial charge in [0.05, 0.1) is 0 Å². The molecule has 1 aromatic rings. The number of halogens is 1. The summed E-state index contributed by atoms with van der Waals surface area (Å²) in [5, 5.41) is 14.6. The molecule has 9 heteroatoms. The van der Waals surface area contributed by atoms with Gasteiger partial charge in [-0.1, -0.05) is 0 Å². The van der Waals surface area contributed by atoms with Crippen LogP contribution in [-0.2, 0) is 3.83 Å². The van der Waals surface area contributed by atoms with Crippen LogP contribution < -0.4 is 16.0 Å². The molecule has 0 bridgehead atoms. The van der Waals surface area contributed by atoms with Crippen LogP contribution in [0.3, 0.4) is 0 Å². The van der Waals surface area contributed by atoms with Crippen LogP contribution in [0.5, 0.6) is 0 Å². The number of benzene rings is 1. The van der Waals surface area contributed by atoms with Crippen molar-refractivity contribution in [3.05, 3.63) is 30.5 Å². The van der Waals surface area contributed by atoms with Gasteiger partial charge in [0.2, 0.25) is 0 Å². The summed E-state index contributed by atoms with van der Waals surface area (Å²) >= 11 is -0.821. The summed E-state index contributed by atoms with van der Waals surface area (Å²) in [6, 6.07) is 1.65. The molecule has 1 aliphatic heterocycles. The summed E-state index contributed by atoms with van der Waals surface area (Å²) in [5.74, 6) is 0. The summed E-state index contributed by atoms with van der Waals surface area (Å²) in [4.78, 5) is 10.5. The fraction of sp³-hybridized carbons (Fsp3) is 0.333. The zero-order valence-electron chi connectivity index (χ0n) is 9.34. The molecule has 2 rings (SSSR count). The number of nitrogens with one attached hydrogen (secondary N) is 1. The zero-order chi connectivity index (χ0) is 13.3. The van der Waals surface area contributed by atoms with Crippen LogP contribution in [0.2, 0.25) is 0 Å². The Hall–Kier alpha value is -0.931. The summed E-state index contributed by atoms with van der Waals surface area (Å²) in [5.41, 5.74) is 0.547. The molecular formula is C9H9IN4O3Se. The second-order valence-corrected chi connectivity index (χ2v) is 6.45. The van der Waals surface area contributed by atoms with Crippen molar-refractivity contribution >= 4 is 48.2 Å². The van der Waals surface area contributed by atoms with Gasteiger partial charge in [0.15, 0.2) is 0 Å². The Morgan fingerprint density at radius 2 is 2.17 bits per heavy atom. The zero-order valence-corrected chi connectivity index (χ0v) is 13.2. The second-order valence-electron chi connectivity index (χ2n) is 3.55. The van der Waals surface area contributed by atoms with Crippen molar-refractivity contribution in [2.75, 3.05) is 11.9 Å². The van der Waals surface area contributed by atoms with Crippen molar-refractivity contribution in [2.24, 2.45) is 8.02 Å². The number of rotatable bonds is 4. The third-order valence-electron chi connectivity index (χ3n) is 2.29. The normalized spacial score (nSPS) is 16.7. The minimum atomic E-state index is -2.70. The van der Waals surface area contributed by atoms with Crippen LogP contribution in [0.1, 0.15) is 13.3 Å². The summed E-state index contributed by atoms with van der Waals surface area (Å²) in [6.07, 6.45) is 0.913. The molecule has 0 spiro atoms. The van der Waals surface area contributed by atoms with Gasteiger partial charge in [-0.25, -0.2) is 0 Å². The first-order chi connectivity index (χ1) is 8.54. The first kappa shape index (κ1) is 13.5. The molecule has 0 amide bonds. The fourth-order valence-corrected chi connectivity index (χ4v) is 3.80. The van der Waals surface area contributed by atoms with Gasteiger partial charge in [-0.05, 0) is 0 Å². The van der Waals surface area contributed by atoms with E-state index in [4.69, 9.17) is 0 Å². The van der Waals surface area contributed by atoms with Gasteiger partial charge in [-0.2, -0.15) is 0 Å². The molecule has 18 heavy (non-hydrogen) atoms. The van der Waals surface area contributed by atoms with E-state index in [2.05, 4.69) is 13.3 Å². The average Bonchev–Trinajstić information content (AvgIpc) is 2.66. The monoisotopic (exact) mass is 428 g/mol. The Kier molecular flexibility index (Phi) is 4.03. The van der Waals surface area contributed by atoms with E-state index in [0.29, 0.717) is 14.6 Å². The van der Waals surface area contributed by atoms with Crippen molar-refractivity contribution in [3.63, 3.8) is 0 Å². The number of nitro benzene ring substituents is 1. The minimum absolute atomic E-state index is 0.113. The third kappa shape index (κ3) is 2.43. The Labute approximate surface area is 120 Å². The fourth-order valence-electron chi connectivity index (χ4n) is 1.54. The van der Waals surface area contributed by atoms with Gasteiger partial charge < -0.3 is 0 Å². The Bertz CT molecular complexity index is 661. The molecule has 1 aliphatic rings. The molecule has 0 fully saturated rings. The van der Waals surface area contributed by atoms with Crippen LogP contribution in [-0.4, -0.2) is 25.7 Å². The molecule has 96 valence electrons. The van der Waals surface area contributed by atoms with E-state index in [9.17, 15) is 13.9 Å². The summed E-state index contributed by atoms with van der Waals surface area (Å²) < 4.78 is 19.6. The molecular weight excluding hydrogens is 418 g/mol. The molecule has 1 heterocycles. The van der Waals surface area contributed by atoms with Gasteiger partial charge in [0.1, 0.15) is 0 Å². The Morgan fingerprint density at radius 3 is 2.78 bits per heavy atom. The van der Waals surface area contributed by atoms with Crippen LogP contribution >= 0.6 is 22.6 Å². The SMILES string of the molecule is CCCNc1cc(I)c([N+](=O)[O-])c2c1=N[Se](=O)N=2. The van der Waals surface area contributed by atoms with E-state index < -0.39 is 19.2 Å². The van der Waals surface area contributed by atoms with E-state index in [-0.39, 0.29) is 11.0 Å². The Balaban J connectivity index is 2.71. The van der Waals surface area contributed by atoms with E-state index in [0.717, 1.165) is 13.0 Å². The van der Waals surface area contributed by atoms with E-state index in [1.165, 1.54) is 0 Å². The van der Waals surface area contributed by atoms with Crippen molar-refractivity contribution in [1.82, 2.24) is 0 Å². The number of hydrogen-bond donors (Lipinski definition) is 1. The van der Waals surface area contributed by atoms with Gasteiger partial charge in [-0.15, -0.1) is 0 Å². The number of nitro groups is 1. The second kappa shape index (κ2) is 5.37. The van der Waals surface area contributed by atoms with Crippen LogP contribution in [0.15, 0.2) is 14.1 Å². The number of fused-ring (bicyclic) bond motifs is 1. The molecule has 0 saturated carbocycles. The molecule has 1 atom stereocenters. The van der Waals surface area contributed by atoms with Crippen molar-refractivity contribution in [3.8, 4) is 0 Å². The maximum absolute atomic E-state index is 11.4. The molecule has 1 aromatic carbocycles. The number of anilines is 1. The molecule has 7 nitrogen and oxygen atoms in total. The summed E-state index contributed by atoms with van der Waals surface area (Å²) in [7, 11) is 0. The van der Waals surface area contributed by atoms with Gasteiger partial charge in [-0.3, -0.25) is 0 Å². The van der Waals surface area contributed by atoms with Crippen molar-refractivity contribution in [2.45, 2.75) is 13.3 Å². The van der Waals surface area contributed by atoms with Gasteiger partial charge >= 0.3 is 121 Å². The van der Waals surface area contributed by atoms with Crippen molar-refractivity contribution in [1.29, 1.82) is 0 Å². The third-order valence-corrected chi connectivity index (χ3v) is 4.53. The standard InChI is InChI=1S/C9H9IN4O3Se/c1-2-3-11-6-4-5(10)9(14(15)16)8-7(6)12-18(17)13-8/h4,11H,2-3H2,1H3. The molecule has 0 aliphatic carbocycles. The average molecular weight is 427 g/mol. The number of hydrogen-bond acceptors (Lipinski definition) is 4. The topological polar surface area (TPSA) is 97.0 Å². The van der Waals surface area contributed by atoms with Crippen LogP contribution in [0.4, 0.5) is 11.4 Å². The number of nitrogens with zero attached hydrogens (tertiary/aromatic N) is 3. The van der Waals surface area contributed by atoms with Gasteiger partial charge in [0, 0.05) is 0 Å². The molecule has 0 aromatic heterocycles. The van der Waals surface area contributed by atoms with E-state index in [1.807, 2.05) is 29.5 Å². The predicted octanol–water partition coefficient (Wildman–Crippen LogP) is 0.689. The summed E-state index contributed by atoms with van der Waals surface area (Å²) in [6.45, 7) is 2.73. The molecule has 1 unspecified atom stereocenters. The van der Waals surface area contributed by atoms with E-state index >= 15 is 0 Å². The van der Waals surface area contributed by atoms with Crippen LogP contribution in [0, 0.1) is 13.7 Å². The van der Waals surface area contributed by atoms with Crippen molar-refractivity contribution < 1.29 is 8.76 Å². The van der Waals surface area contributed by atoms with Gasteiger partial charge in [0.25, 0.3) is 0 Å². The first-order valence-corrected chi connectivity index (χ1v) is 8.46. The quantitative estimate of drug-likeness (QED) is 0.331. The molecule has 0 saturated heterocycles.